The van der Waals surface area contributed by atoms with Crippen LogP contribution in [0.2, 0.25) is 0 Å². The Labute approximate surface area is 221 Å². The summed E-state index contributed by atoms with van der Waals surface area (Å²) < 4.78 is 11.1. The first-order chi connectivity index (χ1) is 17.7. The summed E-state index contributed by atoms with van der Waals surface area (Å²) in [6.45, 7) is 9.01. The van der Waals surface area contributed by atoms with Gasteiger partial charge in [-0.05, 0) is 36.3 Å². The number of rotatable bonds is 5. The Morgan fingerprint density at radius 1 is 1.11 bits per heavy atom. The molecule has 9 nitrogen and oxygen atoms in total. The second-order valence-electron chi connectivity index (χ2n) is 10.8. The van der Waals surface area contributed by atoms with Crippen LogP contribution < -0.4 is 0 Å². The molecule has 2 heterocycles. The molecule has 2 aliphatic rings. The first-order valence-electron chi connectivity index (χ1n) is 13.5. The molecule has 0 aromatic heterocycles. The summed E-state index contributed by atoms with van der Waals surface area (Å²) in [5, 5.41) is 21.1. The second kappa shape index (κ2) is 14.2. The van der Waals surface area contributed by atoms with E-state index in [1.165, 1.54) is 25.2 Å². The number of benzene rings is 1. The molecule has 208 valence electrons. The number of aliphatic hydroxyl groups is 2. The molecule has 4 atom stereocenters. The Kier molecular flexibility index (Phi) is 11.3. The van der Waals surface area contributed by atoms with Crippen molar-refractivity contribution in [3.63, 3.8) is 0 Å². The highest BCUT2D eigenvalue weighted by atomic mass is 16.5. The quantitative estimate of drug-likeness (QED) is 0.610. The molecule has 9 heteroatoms. The van der Waals surface area contributed by atoms with E-state index in [9.17, 15) is 19.8 Å². The normalized spacial score (nSPS) is 26.7. The third-order valence-corrected chi connectivity index (χ3v) is 7.35. The van der Waals surface area contributed by atoms with Crippen molar-refractivity contribution in [2.45, 2.75) is 77.5 Å². The van der Waals surface area contributed by atoms with Gasteiger partial charge in [-0.3, -0.25) is 14.5 Å². The largest absolute Gasteiger partial charge is 0.388 e. The van der Waals surface area contributed by atoms with E-state index < -0.39 is 18.3 Å². The number of carbonyl (C=O) groups is 2. The molecule has 0 radical (unpaired) electrons. The van der Waals surface area contributed by atoms with Crippen LogP contribution in [-0.2, 0) is 32.2 Å². The standard InChI is InChI=1S/C28H45N3O6/c1-20(2)13-24-16-30(21(3)32)17-26(36-4)28(35)25(33)19-37-12-8-7-11-31(24)27(34)18-29-14-22-9-5-6-10-23(22)15-29/h5-6,9-10,20,24-26,28,33,35H,7-8,11-19H2,1-4H3/t24-,25+,26+,28+/m0/s1. The van der Waals surface area contributed by atoms with Crippen LogP contribution in [0.5, 0.6) is 0 Å². The predicted molar refractivity (Wildman–Crippen MR) is 141 cm³/mol. The molecule has 1 saturated heterocycles. The summed E-state index contributed by atoms with van der Waals surface area (Å²) in [6, 6.07) is 8.12. The lowest BCUT2D eigenvalue weighted by atomic mass is 10.00. The number of fused-ring (bicyclic) bond motifs is 1. The summed E-state index contributed by atoms with van der Waals surface area (Å²) >= 11 is 0. The third kappa shape index (κ3) is 8.48. The van der Waals surface area contributed by atoms with Crippen molar-refractivity contribution in [3.8, 4) is 0 Å². The van der Waals surface area contributed by atoms with Crippen LogP contribution >= 0.6 is 0 Å². The highest BCUT2D eigenvalue weighted by Crippen LogP contribution is 2.23. The summed E-state index contributed by atoms with van der Waals surface area (Å²) in [5.41, 5.74) is 2.53. The SMILES string of the molecule is CO[C@@H]1CN(C(C)=O)C[C@H](CC(C)C)N(C(=O)CN2Cc3ccccc3C2)CCCCOC[C@@H](O)[C@H]1O. The highest BCUT2D eigenvalue weighted by Gasteiger charge is 2.33. The molecule has 1 aromatic rings. The van der Waals surface area contributed by atoms with Crippen molar-refractivity contribution in [2.24, 2.45) is 5.92 Å². The molecule has 2 amide bonds. The van der Waals surface area contributed by atoms with Gasteiger partial charge in [0.15, 0.2) is 0 Å². The van der Waals surface area contributed by atoms with E-state index in [1.807, 2.05) is 17.0 Å². The Morgan fingerprint density at radius 3 is 2.38 bits per heavy atom. The molecule has 0 unspecified atom stereocenters. The van der Waals surface area contributed by atoms with Crippen LogP contribution in [0.25, 0.3) is 0 Å². The Balaban J connectivity index is 1.82. The van der Waals surface area contributed by atoms with Gasteiger partial charge in [0.2, 0.25) is 11.8 Å². The lowest BCUT2D eigenvalue weighted by molar-refractivity contribution is -0.143. The molecular formula is C28H45N3O6. The summed E-state index contributed by atoms with van der Waals surface area (Å²) in [4.78, 5) is 32.2. The number of carbonyl (C=O) groups excluding carboxylic acids is 2. The van der Waals surface area contributed by atoms with E-state index in [1.54, 1.807) is 4.90 Å². The fourth-order valence-electron chi connectivity index (χ4n) is 5.31. The van der Waals surface area contributed by atoms with Crippen molar-refractivity contribution in [2.75, 3.05) is 46.5 Å². The van der Waals surface area contributed by atoms with Gasteiger partial charge in [0.05, 0.1) is 13.2 Å². The van der Waals surface area contributed by atoms with E-state index in [0.29, 0.717) is 32.2 Å². The van der Waals surface area contributed by atoms with E-state index in [0.717, 1.165) is 32.4 Å². The van der Waals surface area contributed by atoms with E-state index in [-0.39, 0.29) is 31.0 Å². The minimum atomic E-state index is -1.20. The van der Waals surface area contributed by atoms with Crippen molar-refractivity contribution < 1.29 is 29.3 Å². The van der Waals surface area contributed by atoms with E-state index in [2.05, 4.69) is 30.9 Å². The van der Waals surface area contributed by atoms with Crippen LogP contribution in [0.4, 0.5) is 0 Å². The van der Waals surface area contributed by atoms with Crippen LogP contribution in [0.3, 0.4) is 0 Å². The highest BCUT2D eigenvalue weighted by molar-refractivity contribution is 5.79. The zero-order valence-electron chi connectivity index (χ0n) is 22.8. The third-order valence-electron chi connectivity index (χ3n) is 7.35. The molecule has 0 spiro atoms. The number of nitrogens with zero attached hydrogens (tertiary/aromatic N) is 3. The van der Waals surface area contributed by atoms with Gasteiger partial charge >= 0.3 is 0 Å². The van der Waals surface area contributed by atoms with Gasteiger partial charge < -0.3 is 29.5 Å². The molecule has 0 aliphatic carbocycles. The Bertz CT molecular complexity index is 856. The average Bonchev–Trinajstić information content (AvgIpc) is 3.26. The fourth-order valence-corrected chi connectivity index (χ4v) is 5.31. The maximum absolute atomic E-state index is 13.8. The number of amides is 2. The monoisotopic (exact) mass is 519 g/mol. The maximum Gasteiger partial charge on any atom is 0.237 e. The van der Waals surface area contributed by atoms with Gasteiger partial charge in [0.1, 0.15) is 18.3 Å². The average molecular weight is 520 g/mol. The van der Waals surface area contributed by atoms with E-state index in [4.69, 9.17) is 9.47 Å². The van der Waals surface area contributed by atoms with Gasteiger partial charge in [0, 0.05) is 59.4 Å². The zero-order valence-corrected chi connectivity index (χ0v) is 22.8. The van der Waals surface area contributed by atoms with Gasteiger partial charge in [-0.25, -0.2) is 0 Å². The predicted octanol–water partition coefficient (Wildman–Crippen LogP) is 1.64. The first kappa shape index (κ1) is 29.5. The van der Waals surface area contributed by atoms with Crippen LogP contribution in [0.15, 0.2) is 24.3 Å². The summed E-state index contributed by atoms with van der Waals surface area (Å²) in [5.74, 6) is 0.218. The van der Waals surface area contributed by atoms with Crippen molar-refractivity contribution in [1.29, 1.82) is 0 Å². The maximum atomic E-state index is 13.8. The van der Waals surface area contributed by atoms with Gasteiger partial charge in [0.25, 0.3) is 0 Å². The molecule has 0 bridgehead atoms. The second-order valence-corrected chi connectivity index (χ2v) is 10.8. The molecule has 1 aromatic carbocycles. The zero-order chi connectivity index (χ0) is 26.9. The summed E-state index contributed by atoms with van der Waals surface area (Å²) in [7, 11) is 1.46. The van der Waals surface area contributed by atoms with Crippen LogP contribution in [0.1, 0.15) is 51.2 Å². The lowest BCUT2D eigenvalue weighted by Crippen LogP contribution is -2.54. The smallest absolute Gasteiger partial charge is 0.237 e. The summed E-state index contributed by atoms with van der Waals surface area (Å²) in [6.07, 6.45) is -0.879. The number of hydrogen-bond donors (Lipinski definition) is 2. The first-order valence-corrected chi connectivity index (χ1v) is 13.5. The van der Waals surface area contributed by atoms with Crippen LogP contribution in [-0.4, -0.2) is 108 Å². The van der Waals surface area contributed by atoms with Gasteiger partial charge in [-0.15, -0.1) is 0 Å². The molecule has 1 fully saturated rings. The molecule has 2 N–H and O–H groups in total. The molecule has 37 heavy (non-hydrogen) atoms. The number of aliphatic hydroxyl groups excluding tert-OH is 2. The van der Waals surface area contributed by atoms with Crippen molar-refractivity contribution >= 4 is 11.8 Å². The van der Waals surface area contributed by atoms with Crippen molar-refractivity contribution in [1.82, 2.24) is 14.7 Å². The van der Waals surface area contributed by atoms with Gasteiger partial charge in [-0.1, -0.05) is 38.1 Å². The van der Waals surface area contributed by atoms with Crippen LogP contribution in [0, 0.1) is 5.92 Å². The van der Waals surface area contributed by atoms with Gasteiger partial charge in [-0.2, -0.15) is 0 Å². The number of ether oxygens (including phenoxy) is 2. The Morgan fingerprint density at radius 2 is 1.78 bits per heavy atom. The van der Waals surface area contributed by atoms with E-state index >= 15 is 0 Å². The topological polar surface area (TPSA) is 103 Å². The molecule has 0 saturated carbocycles. The number of hydrogen-bond acceptors (Lipinski definition) is 7. The number of methoxy groups -OCH3 is 1. The minimum Gasteiger partial charge on any atom is -0.388 e. The molecular weight excluding hydrogens is 474 g/mol. The Hall–Kier alpha value is -2.04. The minimum absolute atomic E-state index is 0.0186. The molecule has 2 aliphatic heterocycles. The fraction of sp³-hybridized carbons (Fsp3) is 0.714. The lowest BCUT2D eigenvalue weighted by Gasteiger charge is -2.39. The van der Waals surface area contributed by atoms with Crippen molar-refractivity contribution in [3.05, 3.63) is 35.4 Å². The molecule has 3 rings (SSSR count).